The number of carbonyl (C=O) groups excluding carboxylic acids is 1. The number of rotatable bonds is 8. The molecule has 2 saturated heterocycles. The number of piperazine rings is 1. The number of amides is 2. The number of pyridine rings is 1. The van der Waals surface area contributed by atoms with Crippen molar-refractivity contribution in [1.29, 1.82) is 0 Å². The molecule has 208 valence electrons. The molecule has 5 rings (SSSR count). The highest BCUT2D eigenvalue weighted by molar-refractivity contribution is 5.94. The molecule has 3 aromatic rings. The summed E-state index contributed by atoms with van der Waals surface area (Å²) in [7, 11) is 1.58. The van der Waals surface area contributed by atoms with Crippen molar-refractivity contribution in [2.75, 3.05) is 83.0 Å². The number of aryl methyl sites for hydroxylation is 1. The fraction of sp³-hybridized carbons (Fsp3) is 0.448. The van der Waals surface area contributed by atoms with Crippen LogP contribution in [-0.4, -0.2) is 93.6 Å². The molecule has 0 radical (unpaired) electrons. The summed E-state index contributed by atoms with van der Waals surface area (Å²) in [5.74, 6) is 0.731. The van der Waals surface area contributed by atoms with Gasteiger partial charge in [0.05, 0.1) is 44.3 Å². The first-order valence-electron chi connectivity index (χ1n) is 13.5. The van der Waals surface area contributed by atoms with E-state index in [1.54, 1.807) is 18.1 Å². The number of ether oxygens (including phenoxy) is 3. The highest BCUT2D eigenvalue weighted by Gasteiger charge is 2.25. The van der Waals surface area contributed by atoms with E-state index in [-0.39, 0.29) is 6.03 Å². The second-order valence-electron chi connectivity index (χ2n) is 9.90. The molecule has 10 heteroatoms. The van der Waals surface area contributed by atoms with Crippen molar-refractivity contribution in [2.45, 2.75) is 13.3 Å². The first-order chi connectivity index (χ1) is 19.0. The van der Waals surface area contributed by atoms with Crippen LogP contribution in [0.1, 0.15) is 12.0 Å². The van der Waals surface area contributed by atoms with Gasteiger partial charge in [-0.3, -0.25) is 9.88 Å². The van der Waals surface area contributed by atoms with Crippen LogP contribution in [0.4, 0.5) is 20.6 Å². The molecule has 1 aromatic heterocycles. The number of nitrogens with one attached hydrogen (secondary N) is 1. The molecule has 1 N–H and O–H groups in total. The predicted octanol–water partition coefficient (Wildman–Crippen LogP) is 4.15. The summed E-state index contributed by atoms with van der Waals surface area (Å²) in [6, 6.07) is 11.2. The fourth-order valence-corrected chi connectivity index (χ4v) is 5.02. The number of hydrogen-bond donors (Lipinski definition) is 1. The van der Waals surface area contributed by atoms with Crippen molar-refractivity contribution in [3.63, 3.8) is 0 Å². The van der Waals surface area contributed by atoms with Gasteiger partial charge in [-0.2, -0.15) is 0 Å². The minimum atomic E-state index is -0.402. The first-order valence-corrected chi connectivity index (χ1v) is 13.5. The Kier molecular flexibility index (Phi) is 8.63. The molecular weight excluding hydrogens is 501 g/mol. The third-order valence-electron chi connectivity index (χ3n) is 7.25. The molecule has 2 fully saturated rings. The zero-order valence-electron chi connectivity index (χ0n) is 22.6. The van der Waals surface area contributed by atoms with E-state index in [1.165, 1.54) is 6.20 Å². The number of fused-ring (bicyclic) bond motifs is 1. The van der Waals surface area contributed by atoms with Crippen molar-refractivity contribution in [1.82, 2.24) is 14.8 Å². The smallest absolute Gasteiger partial charge is 0.321 e. The quantitative estimate of drug-likeness (QED) is 0.433. The van der Waals surface area contributed by atoms with E-state index < -0.39 is 5.82 Å². The van der Waals surface area contributed by atoms with Gasteiger partial charge in [0, 0.05) is 63.0 Å². The van der Waals surface area contributed by atoms with Crippen LogP contribution >= 0.6 is 0 Å². The number of benzene rings is 2. The molecule has 0 bridgehead atoms. The second kappa shape index (κ2) is 12.5. The van der Waals surface area contributed by atoms with E-state index >= 15 is 4.39 Å². The lowest BCUT2D eigenvalue weighted by molar-refractivity contribution is 0.0357. The van der Waals surface area contributed by atoms with Gasteiger partial charge in [0.1, 0.15) is 0 Å². The van der Waals surface area contributed by atoms with Crippen molar-refractivity contribution in [3.05, 3.63) is 54.0 Å². The number of carbonyl (C=O) groups is 1. The summed E-state index contributed by atoms with van der Waals surface area (Å²) < 4.78 is 32.2. The Labute approximate surface area is 228 Å². The highest BCUT2D eigenvalue weighted by Crippen LogP contribution is 2.37. The summed E-state index contributed by atoms with van der Waals surface area (Å²) in [5.41, 5.74) is 2.99. The number of hydrogen-bond acceptors (Lipinski definition) is 7. The van der Waals surface area contributed by atoms with E-state index in [0.717, 1.165) is 50.5 Å². The number of methoxy groups -OCH3 is 1. The van der Waals surface area contributed by atoms with Crippen molar-refractivity contribution >= 4 is 28.3 Å². The lowest BCUT2D eigenvalue weighted by Crippen LogP contribution is -2.50. The van der Waals surface area contributed by atoms with E-state index in [9.17, 15) is 4.79 Å². The largest absolute Gasteiger partial charge is 0.493 e. The lowest BCUT2D eigenvalue weighted by atomic mass is 10.1. The maximum Gasteiger partial charge on any atom is 0.321 e. The van der Waals surface area contributed by atoms with E-state index in [0.29, 0.717) is 60.9 Å². The van der Waals surface area contributed by atoms with Gasteiger partial charge in [-0.15, -0.1) is 0 Å². The van der Waals surface area contributed by atoms with Gasteiger partial charge in [-0.1, -0.05) is 17.7 Å². The van der Waals surface area contributed by atoms with Crippen LogP contribution in [-0.2, 0) is 4.74 Å². The van der Waals surface area contributed by atoms with Crippen LogP contribution in [0.25, 0.3) is 10.9 Å². The zero-order valence-corrected chi connectivity index (χ0v) is 22.6. The molecule has 39 heavy (non-hydrogen) atoms. The summed E-state index contributed by atoms with van der Waals surface area (Å²) in [5, 5.41) is 3.60. The standard InChI is InChI=1S/C29H36FN5O4/c1-21-4-6-22(7-5-21)32-29(36)35-11-9-34(10-12-35)28-23-18-26(37-2)27(19-25(23)31-20-24(28)30)39-15-3-8-33-13-16-38-17-14-33/h4-7,18-20H,3,8-17H2,1-2H3,(H,32,36). The average Bonchev–Trinajstić information content (AvgIpc) is 2.97. The van der Waals surface area contributed by atoms with Gasteiger partial charge in [-0.25, -0.2) is 9.18 Å². The molecule has 2 amide bonds. The molecule has 3 heterocycles. The predicted molar refractivity (Wildman–Crippen MR) is 150 cm³/mol. The molecule has 0 aliphatic carbocycles. The summed E-state index contributed by atoms with van der Waals surface area (Å²) in [4.78, 5) is 23.2. The van der Waals surface area contributed by atoms with Gasteiger partial charge in [0.15, 0.2) is 17.3 Å². The maximum absolute atomic E-state index is 15.2. The Bertz CT molecular complexity index is 1270. The molecule has 9 nitrogen and oxygen atoms in total. The molecule has 0 unspecified atom stereocenters. The Morgan fingerprint density at radius 3 is 2.51 bits per heavy atom. The van der Waals surface area contributed by atoms with Crippen LogP contribution in [0.15, 0.2) is 42.6 Å². The number of anilines is 2. The third kappa shape index (κ3) is 6.51. The number of urea groups is 1. The molecule has 2 aliphatic rings. The van der Waals surface area contributed by atoms with Gasteiger partial charge in [0.25, 0.3) is 0 Å². The molecular formula is C29H36FN5O4. The first kappa shape index (κ1) is 27.0. The van der Waals surface area contributed by atoms with E-state index in [4.69, 9.17) is 14.2 Å². The van der Waals surface area contributed by atoms with Crippen LogP contribution in [0.3, 0.4) is 0 Å². The number of nitrogens with zero attached hydrogens (tertiary/aromatic N) is 4. The molecule has 2 aliphatic heterocycles. The minimum absolute atomic E-state index is 0.157. The average molecular weight is 538 g/mol. The van der Waals surface area contributed by atoms with Gasteiger partial charge in [-0.05, 0) is 31.5 Å². The third-order valence-corrected chi connectivity index (χ3v) is 7.25. The van der Waals surface area contributed by atoms with Crippen molar-refractivity contribution < 1.29 is 23.4 Å². The molecule has 0 saturated carbocycles. The highest BCUT2D eigenvalue weighted by atomic mass is 19.1. The summed E-state index contributed by atoms with van der Waals surface area (Å²) in [6.07, 6.45) is 2.13. The van der Waals surface area contributed by atoms with Crippen molar-refractivity contribution in [3.8, 4) is 11.5 Å². The Hall–Kier alpha value is -3.63. The Balaban J connectivity index is 1.24. The van der Waals surface area contributed by atoms with Gasteiger partial charge >= 0.3 is 6.03 Å². The van der Waals surface area contributed by atoms with Gasteiger partial charge < -0.3 is 29.3 Å². The zero-order chi connectivity index (χ0) is 27.2. The number of aromatic nitrogens is 1. The molecule has 0 atom stereocenters. The monoisotopic (exact) mass is 537 g/mol. The van der Waals surface area contributed by atoms with Crippen LogP contribution in [0.5, 0.6) is 11.5 Å². The minimum Gasteiger partial charge on any atom is -0.493 e. The van der Waals surface area contributed by atoms with Crippen LogP contribution < -0.4 is 19.7 Å². The molecule has 0 spiro atoms. The fourth-order valence-electron chi connectivity index (χ4n) is 5.02. The normalized spacial score (nSPS) is 16.4. The van der Waals surface area contributed by atoms with Crippen LogP contribution in [0, 0.1) is 12.7 Å². The topological polar surface area (TPSA) is 79.4 Å². The van der Waals surface area contributed by atoms with Crippen molar-refractivity contribution in [2.24, 2.45) is 0 Å². The Morgan fingerprint density at radius 1 is 1.05 bits per heavy atom. The number of halogens is 1. The van der Waals surface area contributed by atoms with E-state index in [2.05, 4.69) is 15.2 Å². The van der Waals surface area contributed by atoms with Gasteiger partial charge in [0.2, 0.25) is 0 Å². The lowest BCUT2D eigenvalue weighted by Gasteiger charge is -2.36. The number of morpholine rings is 1. The van der Waals surface area contributed by atoms with Crippen LogP contribution in [0.2, 0.25) is 0 Å². The summed E-state index contributed by atoms with van der Waals surface area (Å²) in [6.45, 7) is 8.89. The molecule has 2 aromatic carbocycles. The summed E-state index contributed by atoms with van der Waals surface area (Å²) >= 11 is 0. The maximum atomic E-state index is 15.2. The van der Waals surface area contributed by atoms with E-state index in [1.807, 2.05) is 42.2 Å². The second-order valence-corrected chi connectivity index (χ2v) is 9.90. The SMILES string of the molecule is COc1cc2c(N3CCN(C(=O)Nc4ccc(C)cc4)CC3)c(F)cnc2cc1OCCCN1CCOCC1. The Morgan fingerprint density at radius 2 is 1.79 bits per heavy atom.